The van der Waals surface area contributed by atoms with Crippen LogP contribution in [0.25, 0.3) is 0 Å². The number of hydrogen-bond donors (Lipinski definition) is 0. The van der Waals surface area contributed by atoms with Gasteiger partial charge in [0.25, 0.3) is 0 Å². The Morgan fingerprint density at radius 1 is 1.00 bits per heavy atom. The van der Waals surface area contributed by atoms with Gasteiger partial charge in [0.1, 0.15) is 12.4 Å². The monoisotopic (exact) mass is 390 g/mol. The summed E-state index contributed by atoms with van der Waals surface area (Å²) in [4.78, 5) is 16.7. The van der Waals surface area contributed by atoms with Crippen LogP contribution in [0.1, 0.15) is 65.2 Å². The van der Waals surface area contributed by atoms with Gasteiger partial charge in [-0.05, 0) is 51.4 Å². The third-order valence-corrected chi connectivity index (χ3v) is 5.28. The molecule has 1 fully saturated rings. The lowest BCUT2D eigenvalue weighted by molar-refractivity contribution is 0.126. The van der Waals surface area contributed by atoms with E-state index in [1.54, 1.807) is 4.90 Å². The molecule has 1 aromatic rings. The molecular formula is C23H38N2O3. The van der Waals surface area contributed by atoms with Gasteiger partial charge in [0, 0.05) is 13.1 Å². The third-order valence-electron chi connectivity index (χ3n) is 5.28. The van der Waals surface area contributed by atoms with Gasteiger partial charge in [-0.1, -0.05) is 51.2 Å². The Balaban J connectivity index is 1.83. The molecule has 0 aliphatic carbocycles. The van der Waals surface area contributed by atoms with Crippen molar-refractivity contribution in [2.45, 2.75) is 65.2 Å². The molecule has 0 saturated carbocycles. The molecule has 0 bridgehead atoms. The van der Waals surface area contributed by atoms with E-state index < -0.39 is 0 Å². The van der Waals surface area contributed by atoms with Crippen LogP contribution in [-0.4, -0.2) is 50.4 Å². The highest BCUT2D eigenvalue weighted by molar-refractivity contribution is 5.89. The molecule has 0 aromatic heterocycles. The summed E-state index contributed by atoms with van der Waals surface area (Å²) in [5.74, 6) is 0.757. The number of amides is 1. The van der Waals surface area contributed by atoms with E-state index >= 15 is 0 Å². The Morgan fingerprint density at radius 3 is 2.50 bits per heavy atom. The number of para-hydroxylation sites is 2. The normalized spacial score (nSPS) is 14.6. The second-order valence-electron chi connectivity index (χ2n) is 7.49. The molecule has 0 spiro atoms. The number of benzene rings is 1. The van der Waals surface area contributed by atoms with E-state index in [-0.39, 0.29) is 6.09 Å². The summed E-state index contributed by atoms with van der Waals surface area (Å²) in [5.41, 5.74) is 0.793. The zero-order chi connectivity index (χ0) is 20.0. The molecule has 1 aromatic carbocycles. The number of carbonyl (C=O) groups is 1. The standard InChI is InChI=1S/C23H38N2O3/c1-3-5-6-7-13-19-27-22-15-10-9-14-21(22)25(4-2)23(26)28-20-18-24-16-11-8-12-17-24/h9-10,14-15H,3-8,11-13,16-20H2,1-2H3. The van der Waals surface area contributed by atoms with Crippen LogP contribution in [0, 0.1) is 0 Å². The van der Waals surface area contributed by atoms with Crippen molar-refractivity contribution in [3.63, 3.8) is 0 Å². The van der Waals surface area contributed by atoms with Crippen molar-refractivity contribution in [2.75, 3.05) is 44.3 Å². The van der Waals surface area contributed by atoms with Crippen molar-refractivity contribution in [3.05, 3.63) is 24.3 Å². The fourth-order valence-corrected chi connectivity index (χ4v) is 3.61. The first-order valence-corrected chi connectivity index (χ1v) is 11.1. The van der Waals surface area contributed by atoms with Crippen LogP contribution < -0.4 is 9.64 Å². The number of hydrogen-bond acceptors (Lipinski definition) is 4. The Bertz CT molecular complexity index is 559. The molecule has 1 aliphatic rings. The quantitative estimate of drug-likeness (QED) is 0.443. The number of rotatable bonds is 12. The largest absolute Gasteiger partial charge is 0.491 e. The van der Waals surface area contributed by atoms with Gasteiger partial charge in [0.2, 0.25) is 0 Å². The Morgan fingerprint density at radius 2 is 1.75 bits per heavy atom. The van der Waals surface area contributed by atoms with Crippen LogP contribution in [0.2, 0.25) is 0 Å². The fraction of sp³-hybridized carbons (Fsp3) is 0.696. The molecule has 158 valence electrons. The lowest BCUT2D eigenvalue weighted by Crippen LogP contribution is -2.36. The molecule has 0 radical (unpaired) electrons. The number of anilines is 1. The number of nitrogens with zero attached hydrogens (tertiary/aromatic N) is 2. The van der Waals surface area contributed by atoms with E-state index in [4.69, 9.17) is 9.47 Å². The summed E-state index contributed by atoms with van der Waals surface area (Å²) in [6.07, 6.45) is 9.53. The van der Waals surface area contributed by atoms with Crippen molar-refractivity contribution in [1.29, 1.82) is 0 Å². The Hall–Kier alpha value is -1.75. The summed E-state index contributed by atoms with van der Waals surface area (Å²) >= 11 is 0. The number of ether oxygens (including phenoxy) is 2. The zero-order valence-corrected chi connectivity index (χ0v) is 17.8. The van der Waals surface area contributed by atoms with Crippen molar-refractivity contribution in [1.82, 2.24) is 4.90 Å². The summed E-state index contributed by atoms with van der Waals surface area (Å²) in [6, 6.07) is 7.76. The lowest BCUT2D eigenvalue weighted by atomic mass is 10.1. The van der Waals surface area contributed by atoms with E-state index in [0.717, 1.165) is 37.5 Å². The molecular weight excluding hydrogens is 352 g/mol. The van der Waals surface area contributed by atoms with Gasteiger partial charge in [-0.2, -0.15) is 0 Å². The number of likely N-dealkylation sites (tertiary alicyclic amines) is 1. The maximum Gasteiger partial charge on any atom is 0.414 e. The average Bonchev–Trinajstić information content (AvgIpc) is 2.73. The SMILES string of the molecule is CCCCCCCOc1ccccc1N(CC)C(=O)OCCN1CCCCC1. The molecule has 5 nitrogen and oxygen atoms in total. The minimum absolute atomic E-state index is 0.293. The van der Waals surface area contributed by atoms with Crippen molar-refractivity contribution < 1.29 is 14.3 Å². The highest BCUT2D eigenvalue weighted by atomic mass is 16.6. The molecule has 5 heteroatoms. The lowest BCUT2D eigenvalue weighted by Gasteiger charge is -2.27. The van der Waals surface area contributed by atoms with E-state index in [9.17, 15) is 4.79 Å². The van der Waals surface area contributed by atoms with Gasteiger partial charge in [-0.15, -0.1) is 0 Å². The van der Waals surface area contributed by atoms with Crippen LogP contribution in [0.3, 0.4) is 0 Å². The molecule has 0 unspecified atom stereocenters. The number of carbonyl (C=O) groups excluding carboxylic acids is 1. The van der Waals surface area contributed by atoms with Crippen LogP contribution in [0.5, 0.6) is 5.75 Å². The van der Waals surface area contributed by atoms with Crippen molar-refractivity contribution in [2.24, 2.45) is 0 Å². The summed E-state index contributed by atoms with van der Waals surface area (Å²) in [6.45, 7) is 8.91. The second kappa shape index (κ2) is 13.4. The van der Waals surface area contributed by atoms with E-state index in [0.29, 0.717) is 19.8 Å². The number of unbranched alkanes of at least 4 members (excludes halogenated alkanes) is 4. The van der Waals surface area contributed by atoms with Gasteiger partial charge < -0.3 is 9.47 Å². The van der Waals surface area contributed by atoms with Crippen molar-refractivity contribution in [3.8, 4) is 5.75 Å². The maximum absolute atomic E-state index is 12.6. The smallest absolute Gasteiger partial charge is 0.414 e. The van der Waals surface area contributed by atoms with Crippen LogP contribution >= 0.6 is 0 Å². The second-order valence-corrected chi connectivity index (χ2v) is 7.49. The fourth-order valence-electron chi connectivity index (χ4n) is 3.61. The van der Waals surface area contributed by atoms with Crippen LogP contribution in [0.15, 0.2) is 24.3 Å². The molecule has 1 saturated heterocycles. The number of piperidine rings is 1. The predicted octanol–water partition coefficient (Wildman–Crippen LogP) is 5.48. The molecule has 0 N–H and O–H groups in total. The molecule has 1 amide bonds. The van der Waals surface area contributed by atoms with Crippen LogP contribution in [-0.2, 0) is 4.74 Å². The van der Waals surface area contributed by atoms with E-state index in [2.05, 4.69) is 11.8 Å². The van der Waals surface area contributed by atoms with E-state index in [1.165, 1.54) is 44.9 Å². The van der Waals surface area contributed by atoms with Gasteiger partial charge in [-0.3, -0.25) is 9.80 Å². The Labute approximate surface area is 171 Å². The zero-order valence-electron chi connectivity index (χ0n) is 17.8. The minimum Gasteiger partial charge on any atom is -0.491 e. The average molecular weight is 391 g/mol. The van der Waals surface area contributed by atoms with Gasteiger partial charge in [-0.25, -0.2) is 4.79 Å². The topological polar surface area (TPSA) is 42.0 Å². The van der Waals surface area contributed by atoms with E-state index in [1.807, 2.05) is 31.2 Å². The summed E-state index contributed by atoms with van der Waals surface area (Å²) in [5, 5.41) is 0. The first kappa shape index (κ1) is 22.5. The molecule has 28 heavy (non-hydrogen) atoms. The van der Waals surface area contributed by atoms with Gasteiger partial charge >= 0.3 is 6.09 Å². The molecule has 0 atom stereocenters. The maximum atomic E-state index is 12.6. The highest BCUT2D eigenvalue weighted by Gasteiger charge is 2.20. The summed E-state index contributed by atoms with van der Waals surface area (Å²) < 4.78 is 11.6. The highest BCUT2D eigenvalue weighted by Crippen LogP contribution is 2.28. The Kier molecular flexibility index (Phi) is 10.8. The van der Waals surface area contributed by atoms with Crippen LogP contribution in [0.4, 0.5) is 10.5 Å². The molecule has 1 heterocycles. The molecule has 2 rings (SSSR count). The summed E-state index contributed by atoms with van der Waals surface area (Å²) in [7, 11) is 0. The van der Waals surface area contributed by atoms with Gasteiger partial charge in [0.05, 0.1) is 12.3 Å². The molecule has 1 aliphatic heterocycles. The predicted molar refractivity (Wildman–Crippen MR) is 115 cm³/mol. The van der Waals surface area contributed by atoms with Crippen molar-refractivity contribution >= 4 is 11.8 Å². The van der Waals surface area contributed by atoms with Gasteiger partial charge in [0.15, 0.2) is 0 Å². The first-order chi connectivity index (χ1) is 13.8. The first-order valence-electron chi connectivity index (χ1n) is 11.1. The minimum atomic E-state index is -0.293. The third kappa shape index (κ3) is 7.70.